The highest BCUT2D eigenvalue weighted by Crippen LogP contribution is 2.22. The van der Waals surface area contributed by atoms with Crippen molar-refractivity contribution in [3.63, 3.8) is 0 Å². The van der Waals surface area contributed by atoms with Crippen molar-refractivity contribution in [3.8, 4) is 0 Å². The second-order valence-electron chi connectivity index (χ2n) is 10.1. The van der Waals surface area contributed by atoms with E-state index in [1.54, 1.807) is 6.20 Å². The number of para-hydroxylation sites is 1. The highest BCUT2D eigenvalue weighted by molar-refractivity contribution is 5.85. The van der Waals surface area contributed by atoms with Gasteiger partial charge >= 0.3 is 0 Å². The van der Waals surface area contributed by atoms with Crippen molar-refractivity contribution >= 4 is 11.5 Å². The van der Waals surface area contributed by atoms with Gasteiger partial charge in [-0.2, -0.15) is 20.5 Å². The fraction of sp³-hybridized carbons (Fsp3) is 0.229. The maximum absolute atomic E-state index is 11.1. The second-order valence-corrected chi connectivity index (χ2v) is 10.1. The Hall–Kier alpha value is -5.11. The third-order valence-corrected chi connectivity index (χ3v) is 6.49. The van der Waals surface area contributed by atoms with E-state index in [0.29, 0.717) is 35.8 Å². The normalized spacial score (nSPS) is 17.8. The first-order valence-corrected chi connectivity index (χ1v) is 14.2. The van der Waals surface area contributed by atoms with E-state index >= 15 is 0 Å². The summed E-state index contributed by atoms with van der Waals surface area (Å²) in [5.41, 5.74) is 13.0. The van der Waals surface area contributed by atoms with Crippen molar-refractivity contribution in [2.45, 2.75) is 40.5 Å². The van der Waals surface area contributed by atoms with Crippen LogP contribution in [0.3, 0.4) is 0 Å². The maximum Gasteiger partial charge on any atom is 0.125 e. The molecule has 8 heteroatoms. The van der Waals surface area contributed by atoms with Gasteiger partial charge in [-0.1, -0.05) is 67.3 Å². The molecule has 0 atom stereocenters. The summed E-state index contributed by atoms with van der Waals surface area (Å²) in [5, 5.41) is 31.6. The number of benzene rings is 1. The zero-order chi connectivity index (χ0) is 31.0. The summed E-state index contributed by atoms with van der Waals surface area (Å²) < 4.78 is 0. The van der Waals surface area contributed by atoms with Crippen LogP contribution in [0.15, 0.2) is 168 Å². The first-order chi connectivity index (χ1) is 20.8. The third-order valence-electron chi connectivity index (χ3n) is 6.49. The van der Waals surface area contributed by atoms with Crippen LogP contribution in [0.5, 0.6) is 0 Å². The van der Waals surface area contributed by atoms with Crippen LogP contribution in [0.4, 0.5) is 5.69 Å². The van der Waals surface area contributed by atoms with E-state index in [9.17, 15) is 5.11 Å². The van der Waals surface area contributed by atoms with Gasteiger partial charge in [-0.15, -0.1) is 0 Å². The number of aliphatic hydroxyl groups excluding tert-OH is 1. The number of hydrogen-bond donors (Lipinski definition) is 3. The van der Waals surface area contributed by atoms with Gasteiger partial charge in [0.1, 0.15) is 18.1 Å². The van der Waals surface area contributed by atoms with Gasteiger partial charge in [-0.05, 0) is 93.3 Å². The maximum atomic E-state index is 11.1. The smallest absolute Gasteiger partial charge is 0.125 e. The van der Waals surface area contributed by atoms with Crippen molar-refractivity contribution < 1.29 is 5.11 Å². The van der Waals surface area contributed by atoms with Crippen molar-refractivity contribution in [2.24, 2.45) is 31.2 Å². The molecule has 0 bridgehead atoms. The number of rotatable bonds is 11. The number of nitrogens with zero attached hydrogens (tertiary/aromatic N) is 5. The average molecular weight is 576 g/mol. The number of aliphatic imine (C=N–C) groups is 1. The summed E-state index contributed by atoms with van der Waals surface area (Å²) in [5.74, 6) is 0.710. The van der Waals surface area contributed by atoms with Gasteiger partial charge in [0.15, 0.2) is 0 Å². The topological polar surface area (TPSA) is 120 Å². The summed E-state index contributed by atoms with van der Waals surface area (Å²) in [4.78, 5) is 4.68. The molecule has 43 heavy (non-hydrogen) atoms. The van der Waals surface area contributed by atoms with Gasteiger partial charge in [-0.3, -0.25) is 0 Å². The summed E-state index contributed by atoms with van der Waals surface area (Å²) in [7, 11) is 0. The molecule has 8 nitrogen and oxygen atoms in total. The molecule has 1 aromatic carbocycles. The number of hydrogen-bond acceptors (Lipinski definition) is 7. The quantitative estimate of drug-likeness (QED) is 0.0803. The molecule has 0 aromatic heterocycles. The van der Waals surface area contributed by atoms with E-state index in [1.165, 1.54) is 0 Å². The molecule has 2 aliphatic rings. The number of aliphatic hydroxyl groups is 1. The summed E-state index contributed by atoms with van der Waals surface area (Å²) in [6, 6.07) is 7.90. The molecule has 0 saturated heterocycles. The van der Waals surface area contributed by atoms with Crippen molar-refractivity contribution in [3.05, 3.63) is 149 Å². The number of nitrogens with one attached hydrogen (secondary N) is 1. The Balaban J connectivity index is 1.72. The van der Waals surface area contributed by atoms with E-state index in [0.717, 1.165) is 40.1 Å². The number of aryl methyl sites for hydroxylation is 1. The molecule has 0 heterocycles. The van der Waals surface area contributed by atoms with Gasteiger partial charge in [0.25, 0.3) is 0 Å². The van der Waals surface area contributed by atoms with Crippen LogP contribution in [-0.2, 0) is 0 Å². The molecular weight excluding hydrogens is 534 g/mol. The molecule has 0 aliphatic heterocycles. The van der Waals surface area contributed by atoms with Gasteiger partial charge in [0, 0.05) is 11.3 Å². The molecule has 0 amide bonds. The molecular formula is C35H41N7O. The minimum atomic E-state index is -0.0134. The Kier molecular flexibility index (Phi) is 12.8. The number of allylic oxidation sites excluding steroid dienone is 12. The van der Waals surface area contributed by atoms with E-state index in [-0.39, 0.29) is 12.3 Å². The highest BCUT2D eigenvalue weighted by Gasteiger charge is 2.11. The van der Waals surface area contributed by atoms with Gasteiger partial charge in [0.05, 0.1) is 23.6 Å². The SMILES string of the molecule is C=C(NC(C)=Nc1ccccc1C)C(/C=C1/C=CC=CC1)=C(\O)CN=NC1=CCC(C)=C(N=NC/C=C\C(C)=C/N)C=C1. The monoisotopic (exact) mass is 575 g/mol. The Morgan fingerprint density at radius 3 is 2.60 bits per heavy atom. The Morgan fingerprint density at radius 2 is 1.86 bits per heavy atom. The predicted octanol–water partition coefficient (Wildman–Crippen LogP) is 8.84. The summed E-state index contributed by atoms with van der Waals surface area (Å²) in [6.45, 7) is 12.5. The molecule has 1 aromatic rings. The number of amidine groups is 1. The molecule has 0 saturated carbocycles. The lowest BCUT2D eigenvalue weighted by molar-refractivity contribution is 0.397. The molecule has 2 aliphatic carbocycles. The first kappa shape index (κ1) is 32.4. The molecule has 4 N–H and O–H groups in total. The third kappa shape index (κ3) is 11.0. The Bertz CT molecular complexity index is 1550. The molecule has 0 fully saturated rings. The van der Waals surface area contributed by atoms with Crippen molar-refractivity contribution in [1.82, 2.24) is 5.32 Å². The first-order valence-electron chi connectivity index (χ1n) is 14.2. The van der Waals surface area contributed by atoms with Gasteiger partial charge in [0.2, 0.25) is 0 Å². The van der Waals surface area contributed by atoms with Gasteiger partial charge < -0.3 is 16.2 Å². The lowest BCUT2D eigenvalue weighted by Crippen LogP contribution is -2.21. The molecule has 0 radical (unpaired) electrons. The molecule has 0 unspecified atom stereocenters. The zero-order valence-corrected chi connectivity index (χ0v) is 25.5. The van der Waals surface area contributed by atoms with Crippen molar-refractivity contribution in [2.75, 3.05) is 13.1 Å². The van der Waals surface area contributed by atoms with Crippen LogP contribution in [0.1, 0.15) is 39.2 Å². The van der Waals surface area contributed by atoms with E-state index < -0.39 is 0 Å². The standard InChI is InChI=1S/C35H41N7O/c1-25(23-36)12-11-21-37-42-34-20-19-31(18-17-27(34)3)41-38-24-35(43)32(22-30-14-7-6-8-15-30)28(4)39-29(5)40-33-16-10-9-13-26(33)2/h6-14,16,18-20,22-23,43H,4,15,17,21,24,36H2,1-3,5H3,(H,39,40)/b12-11-,25-23-,30-22-,35-32-,41-38?,42-37?. The van der Waals surface area contributed by atoms with Crippen LogP contribution in [0.2, 0.25) is 0 Å². The van der Waals surface area contributed by atoms with Crippen LogP contribution in [-0.4, -0.2) is 24.0 Å². The highest BCUT2D eigenvalue weighted by atomic mass is 16.3. The molecule has 0 spiro atoms. The minimum absolute atomic E-state index is 0.0134. The Morgan fingerprint density at radius 1 is 1.05 bits per heavy atom. The van der Waals surface area contributed by atoms with Crippen LogP contribution < -0.4 is 11.1 Å². The van der Waals surface area contributed by atoms with E-state index in [4.69, 9.17) is 5.73 Å². The van der Waals surface area contributed by atoms with E-state index in [2.05, 4.69) is 43.4 Å². The molecule has 3 rings (SSSR count). The lowest BCUT2D eigenvalue weighted by Gasteiger charge is -2.14. The lowest BCUT2D eigenvalue weighted by atomic mass is 10.0. The predicted molar refractivity (Wildman–Crippen MR) is 178 cm³/mol. The average Bonchev–Trinajstić information content (AvgIpc) is 3.17. The van der Waals surface area contributed by atoms with Crippen LogP contribution in [0.25, 0.3) is 0 Å². The fourth-order valence-electron chi connectivity index (χ4n) is 4.01. The van der Waals surface area contributed by atoms with Crippen LogP contribution >= 0.6 is 0 Å². The summed E-state index contributed by atoms with van der Waals surface area (Å²) in [6.07, 6.45) is 22.4. The number of nitrogens with two attached hydrogens (primary N) is 1. The fourth-order valence-corrected chi connectivity index (χ4v) is 4.01. The van der Waals surface area contributed by atoms with Gasteiger partial charge in [-0.25, -0.2) is 4.99 Å². The summed E-state index contributed by atoms with van der Waals surface area (Å²) >= 11 is 0. The zero-order valence-electron chi connectivity index (χ0n) is 25.5. The van der Waals surface area contributed by atoms with Crippen LogP contribution in [0, 0.1) is 6.92 Å². The minimum Gasteiger partial charge on any atom is -0.510 e. The Labute approximate surface area is 255 Å². The molecule has 222 valence electrons. The van der Waals surface area contributed by atoms with E-state index in [1.807, 2.05) is 107 Å². The number of azo groups is 2. The second kappa shape index (κ2) is 17.0. The van der Waals surface area contributed by atoms with Crippen molar-refractivity contribution in [1.29, 1.82) is 0 Å². The largest absolute Gasteiger partial charge is 0.510 e.